The number of nitrogens with zero attached hydrogens (tertiary/aromatic N) is 1. The van der Waals surface area contributed by atoms with Crippen molar-refractivity contribution in [2.75, 3.05) is 7.05 Å². The zero-order chi connectivity index (χ0) is 10.1. The van der Waals surface area contributed by atoms with Crippen LogP contribution in [-0.4, -0.2) is 28.5 Å². The van der Waals surface area contributed by atoms with E-state index in [9.17, 15) is 4.79 Å². The molecule has 74 valence electrons. The van der Waals surface area contributed by atoms with Crippen LogP contribution in [0.3, 0.4) is 0 Å². The van der Waals surface area contributed by atoms with Gasteiger partial charge in [0.2, 0.25) is 0 Å². The minimum absolute atomic E-state index is 0.408. The lowest BCUT2D eigenvalue weighted by molar-refractivity contribution is -0.141. The molecule has 0 radical (unpaired) electrons. The Morgan fingerprint density at radius 1 is 1.57 bits per heavy atom. The molecule has 1 aromatic rings. The van der Waals surface area contributed by atoms with E-state index >= 15 is 0 Å². The SMILES string of the molecule is CN1Sc2ccccc2CC1C(=O)O. The first kappa shape index (κ1) is 9.55. The molecule has 1 aliphatic rings. The Hall–Kier alpha value is -1.00. The van der Waals surface area contributed by atoms with E-state index in [1.54, 1.807) is 4.31 Å². The van der Waals surface area contributed by atoms with Crippen LogP contribution in [-0.2, 0) is 11.2 Å². The molecule has 1 heterocycles. The molecule has 2 rings (SSSR count). The number of carbonyl (C=O) groups is 1. The van der Waals surface area contributed by atoms with E-state index < -0.39 is 12.0 Å². The van der Waals surface area contributed by atoms with Gasteiger partial charge in [-0.2, -0.15) is 0 Å². The minimum Gasteiger partial charge on any atom is -0.480 e. The highest BCUT2D eigenvalue weighted by molar-refractivity contribution is 7.97. The van der Waals surface area contributed by atoms with E-state index in [2.05, 4.69) is 0 Å². The van der Waals surface area contributed by atoms with Gasteiger partial charge < -0.3 is 5.11 Å². The number of aliphatic carboxylic acids is 1. The number of hydrogen-bond donors (Lipinski definition) is 1. The van der Waals surface area contributed by atoms with Crippen LogP contribution in [0.5, 0.6) is 0 Å². The van der Waals surface area contributed by atoms with Gasteiger partial charge in [-0.25, -0.2) is 4.31 Å². The maximum Gasteiger partial charge on any atom is 0.322 e. The Morgan fingerprint density at radius 3 is 3.00 bits per heavy atom. The molecule has 1 unspecified atom stereocenters. The summed E-state index contributed by atoms with van der Waals surface area (Å²) in [6, 6.07) is 7.53. The van der Waals surface area contributed by atoms with Gasteiger partial charge in [-0.3, -0.25) is 4.79 Å². The molecule has 1 N–H and O–H groups in total. The molecular weight excluding hydrogens is 198 g/mol. The van der Waals surface area contributed by atoms with Crippen molar-refractivity contribution in [1.29, 1.82) is 0 Å². The summed E-state index contributed by atoms with van der Waals surface area (Å²) in [5.74, 6) is -0.755. The van der Waals surface area contributed by atoms with Crippen molar-refractivity contribution >= 4 is 17.9 Å². The van der Waals surface area contributed by atoms with Crippen molar-refractivity contribution in [2.24, 2.45) is 0 Å². The summed E-state index contributed by atoms with van der Waals surface area (Å²) in [5, 5.41) is 8.98. The molecule has 4 heteroatoms. The monoisotopic (exact) mass is 209 g/mol. The maximum absolute atomic E-state index is 10.9. The standard InChI is InChI=1S/C10H11NO2S/c1-11-8(10(12)13)6-7-4-2-3-5-9(7)14-11/h2-5,8H,6H2,1H3,(H,12,13). The lowest BCUT2D eigenvalue weighted by Gasteiger charge is -2.29. The topological polar surface area (TPSA) is 40.5 Å². The van der Waals surface area contributed by atoms with E-state index in [0.29, 0.717) is 6.42 Å². The fraction of sp³-hybridized carbons (Fsp3) is 0.300. The molecule has 0 aliphatic carbocycles. The third-order valence-electron chi connectivity index (χ3n) is 2.35. The van der Waals surface area contributed by atoms with Crippen LogP contribution in [0, 0.1) is 0 Å². The van der Waals surface area contributed by atoms with Crippen molar-refractivity contribution in [3.8, 4) is 0 Å². The van der Waals surface area contributed by atoms with Gasteiger partial charge in [-0.1, -0.05) is 18.2 Å². The number of hydrogen-bond acceptors (Lipinski definition) is 3. The fourth-order valence-corrected chi connectivity index (χ4v) is 2.57. The van der Waals surface area contributed by atoms with E-state index in [1.165, 1.54) is 11.9 Å². The summed E-state index contributed by atoms with van der Waals surface area (Å²) >= 11 is 1.50. The average molecular weight is 209 g/mol. The van der Waals surface area contributed by atoms with E-state index in [0.717, 1.165) is 10.5 Å². The van der Waals surface area contributed by atoms with Crippen molar-refractivity contribution in [3.05, 3.63) is 29.8 Å². The van der Waals surface area contributed by atoms with Crippen molar-refractivity contribution in [1.82, 2.24) is 4.31 Å². The van der Waals surface area contributed by atoms with Crippen molar-refractivity contribution < 1.29 is 9.90 Å². The predicted molar refractivity (Wildman–Crippen MR) is 55.2 cm³/mol. The first-order valence-corrected chi connectivity index (χ1v) is 5.17. The zero-order valence-electron chi connectivity index (χ0n) is 7.80. The summed E-state index contributed by atoms with van der Waals surface area (Å²) in [5.41, 5.74) is 1.13. The maximum atomic E-state index is 10.9. The van der Waals surface area contributed by atoms with Crippen molar-refractivity contribution in [2.45, 2.75) is 17.4 Å². The van der Waals surface area contributed by atoms with Crippen LogP contribution in [0.25, 0.3) is 0 Å². The van der Waals surface area contributed by atoms with Gasteiger partial charge in [0.1, 0.15) is 6.04 Å². The van der Waals surface area contributed by atoms with Gasteiger partial charge in [0.15, 0.2) is 0 Å². The highest BCUT2D eigenvalue weighted by atomic mass is 32.2. The lowest BCUT2D eigenvalue weighted by Crippen LogP contribution is -2.38. The normalized spacial score (nSPS) is 21.6. The smallest absolute Gasteiger partial charge is 0.322 e. The number of fused-ring (bicyclic) bond motifs is 1. The van der Waals surface area contributed by atoms with Gasteiger partial charge in [0, 0.05) is 11.3 Å². The molecule has 0 aromatic heterocycles. The van der Waals surface area contributed by atoms with Gasteiger partial charge in [0.25, 0.3) is 0 Å². The van der Waals surface area contributed by atoms with Crippen LogP contribution < -0.4 is 0 Å². The Labute approximate surface area is 86.9 Å². The number of carboxylic acids is 1. The number of rotatable bonds is 1. The van der Waals surface area contributed by atoms with Crippen molar-refractivity contribution in [3.63, 3.8) is 0 Å². The molecule has 0 bridgehead atoms. The highest BCUT2D eigenvalue weighted by Crippen LogP contribution is 2.33. The summed E-state index contributed by atoms with van der Waals surface area (Å²) in [4.78, 5) is 12.1. The first-order chi connectivity index (χ1) is 6.68. The Bertz CT molecular complexity index is 367. The molecule has 0 fully saturated rings. The van der Waals surface area contributed by atoms with Crippen LogP contribution >= 0.6 is 11.9 Å². The molecule has 1 atom stereocenters. The minimum atomic E-state index is -0.755. The molecule has 1 aliphatic heterocycles. The van der Waals surface area contributed by atoms with Crippen LogP contribution in [0.2, 0.25) is 0 Å². The molecule has 0 saturated carbocycles. The number of carboxylic acid groups (broad SMARTS) is 1. The molecule has 3 nitrogen and oxygen atoms in total. The Kier molecular flexibility index (Phi) is 2.48. The van der Waals surface area contributed by atoms with Crippen LogP contribution in [0.15, 0.2) is 29.2 Å². The molecule has 1 aromatic carbocycles. The molecule has 0 saturated heterocycles. The van der Waals surface area contributed by atoms with Crippen LogP contribution in [0.4, 0.5) is 0 Å². The lowest BCUT2D eigenvalue weighted by atomic mass is 10.1. The average Bonchev–Trinajstić information content (AvgIpc) is 2.16. The number of likely N-dealkylation sites (N-methyl/N-ethyl adjacent to an activating group) is 1. The molecular formula is C10H11NO2S. The summed E-state index contributed by atoms with van der Waals surface area (Å²) < 4.78 is 1.80. The summed E-state index contributed by atoms with van der Waals surface area (Å²) in [7, 11) is 1.82. The van der Waals surface area contributed by atoms with Gasteiger partial charge in [0.05, 0.1) is 0 Å². The second-order valence-corrected chi connectivity index (χ2v) is 4.50. The van der Waals surface area contributed by atoms with E-state index in [4.69, 9.17) is 5.11 Å². The molecule has 14 heavy (non-hydrogen) atoms. The third-order valence-corrected chi connectivity index (χ3v) is 3.49. The first-order valence-electron chi connectivity index (χ1n) is 4.40. The highest BCUT2D eigenvalue weighted by Gasteiger charge is 2.29. The summed E-state index contributed by atoms with van der Waals surface area (Å²) in [6.45, 7) is 0. The molecule has 0 spiro atoms. The van der Waals surface area contributed by atoms with E-state index in [-0.39, 0.29) is 0 Å². The van der Waals surface area contributed by atoms with Gasteiger partial charge >= 0.3 is 5.97 Å². The third kappa shape index (κ3) is 1.63. The second-order valence-electron chi connectivity index (χ2n) is 3.30. The Morgan fingerprint density at radius 2 is 2.29 bits per heavy atom. The Balaban J connectivity index is 2.31. The predicted octanol–water partition coefficient (Wildman–Crippen LogP) is 1.63. The largest absolute Gasteiger partial charge is 0.480 e. The fourth-order valence-electron chi connectivity index (χ4n) is 1.56. The second kappa shape index (κ2) is 3.63. The van der Waals surface area contributed by atoms with Crippen LogP contribution in [0.1, 0.15) is 5.56 Å². The van der Waals surface area contributed by atoms with Gasteiger partial charge in [-0.15, -0.1) is 0 Å². The quantitative estimate of drug-likeness (QED) is 0.714. The molecule has 0 amide bonds. The zero-order valence-corrected chi connectivity index (χ0v) is 8.62. The number of benzene rings is 1. The summed E-state index contributed by atoms with van der Waals surface area (Å²) in [6.07, 6.45) is 0.592. The van der Waals surface area contributed by atoms with Gasteiger partial charge in [-0.05, 0) is 30.6 Å². The van der Waals surface area contributed by atoms with E-state index in [1.807, 2.05) is 31.3 Å².